The Morgan fingerprint density at radius 2 is 2.11 bits per heavy atom. The average Bonchev–Trinajstić information content (AvgIpc) is 2.94. The SMILES string of the molecule is C[C@H]1[C@@H](OS(=O)(=O)O)C[C@@H]2C[C@H](Cc3cc(=O)[nH]c(=O)[nH]3)NC3=NC[C@H]1N32. The first-order valence-corrected chi connectivity index (χ1v) is 10.1. The molecule has 0 bridgehead atoms. The number of aromatic nitrogens is 2. The fourth-order valence-electron chi connectivity index (χ4n) is 4.43. The van der Waals surface area contributed by atoms with Crippen LogP contribution in [0.2, 0.25) is 0 Å². The third-order valence-electron chi connectivity index (χ3n) is 5.54. The fourth-order valence-corrected chi connectivity index (χ4v) is 4.99. The molecule has 0 aliphatic carbocycles. The van der Waals surface area contributed by atoms with Gasteiger partial charge in [-0.15, -0.1) is 0 Å². The van der Waals surface area contributed by atoms with Crippen molar-refractivity contribution in [2.45, 2.75) is 50.4 Å². The number of piperidine rings is 1. The molecular formula is C15H21N5O6S. The molecule has 3 aliphatic heterocycles. The molecule has 4 rings (SSSR count). The molecule has 0 aromatic carbocycles. The first-order valence-electron chi connectivity index (χ1n) is 8.77. The summed E-state index contributed by atoms with van der Waals surface area (Å²) in [5.74, 6) is 0.623. The second-order valence-corrected chi connectivity index (χ2v) is 8.39. The van der Waals surface area contributed by atoms with Gasteiger partial charge < -0.3 is 15.2 Å². The first-order chi connectivity index (χ1) is 12.7. The summed E-state index contributed by atoms with van der Waals surface area (Å²) >= 11 is 0. The van der Waals surface area contributed by atoms with Crippen molar-refractivity contribution in [1.82, 2.24) is 20.2 Å². The molecule has 1 aromatic heterocycles. The van der Waals surface area contributed by atoms with Crippen molar-refractivity contribution in [2.75, 3.05) is 6.54 Å². The van der Waals surface area contributed by atoms with Crippen molar-refractivity contribution >= 4 is 16.4 Å². The first kappa shape index (κ1) is 18.2. The van der Waals surface area contributed by atoms with Gasteiger partial charge in [0.15, 0.2) is 5.96 Å². The van der Waals surface area contributed by atoms with Gasteiger partial charge in [-0.1, -0.05) is 6.92 Å². The van der Waals surface area contributed by atoms with E-state index in [0.717, 1.165) is 5.96 Å². The summed E-state index contributed by atoms with van der Waals surface area (Å²) in [5, 5.41) is 3.35. The van der Waals surface area contributed by atoms with Crippen LogP contribution in [0.3, 0.4) is 0 Å². The number of aliphatic imine (C=N–C) groups is 1. The lowest BCUT2D eigenvalue weighted by molar-refractivity contribution is 0.00102. The number of nitrogens with one attached hydrogen (secondary N) is 3. The highest BCUT2D eigenvalue weighted by atomic mass is 32.3. The normalized spacial score (nSPS) is 32.6. The highest BCUT2D eigenvalue weighted by Gasteiger charge is 2.49. The Labute approximate surface area is 154 Å². The van der Waals surface area contributed by atoms with E-state index in [2.05, 4.69) is 25.2 Å². The lowest BCUT2D eigenvalue weighted by Crippen LogP contribution is -2.64. The van der Waals surface area contributed by atoms with Crippen LogP contribution in [0.15, 0.2) is 20.6 Å². The fraction of sp³-hybridized carbons (Fsp3) is 0.667. The lowest BCUT2D eigenvalue weighted by Gasteiger charge is -2.50. The van der Waals surface area contributed by atoms with Gasteiger partial charge in [0.2, 0.25) is 0 Å². The zero-order valence-electron chi connectivity index (χ0n) is 14.6. The van der Waals surface area contributed by atoms with Crippen molar-refractivity contribution < 1.29 is 17.2 Å². The Morgan fingerprint density at radius 3 is 2.81 bits per heavy atom. The maximum absolute atomic E-state index is 11.5. The summed E-state index contributed by atoms with van der Waals surface area (Å²) in [5.41, 5.74) is -0.501. The quantitative estimate of drug-likeness (QED) is 0.451. The predicted octanol–water partition coefficient (Wildman–Crippen LogP) is -1.40. The number of nitrogens with zero attached hydrogens (tertiary/aromatic N) is 2. The van der Waals surface area contributed by atoms with Crippen molar-refractivity contribution in [3.05, 3.63) is 32.6 Å². The Hall–Kier alpha value is -2.18. The van der Waals surface area contributed by atoms with E-state index in [1.165, 1.54) is 6.07 Å². The maximum Gasteiger partial charge on any atom is 0.397 e. The molecular weight excluding hydrogens is 378 g/mol. The van der Waals surface area contributed by atoms with E-state index in [0.29, 0.717) is 31.5 Å². The van der Waals surface area contributed by atoms with Gasteiger partial charge in [-0.3, -0.25) is 19.3 Å². The maximum atomic E-state index is 11.5. The molecule has 0 radical (unpaired) electrons. The molecule has 0 saturated carbocycles. The zero-order chi connectivity index (χ0) is 19.3. The average molecular weight is 399 g/mol. The summed E-state index contributed by atoms with van der Waals surface area (Å²) in [6.45, 7) is 2.40. The molecule has 0 unspecified atom stereocenters. The summed E-state index contributed by atoms with van der Waals surface area (Å²) in [6.07, 6.45) is 0.883. The van der Waals surface area contributed by atoms with E-state index < -0.39 is 27.8 Å². The summed E-state index contributed by atoms with van der Waals surface area (Å²) in [4.78, 5) is 34.4. The van der Waals surface area contributed by atoms with Crippen LogP contribution in [0.5, 0.6) is 0 Å². The minimum atomic E-state index is -4.53. The van der Waals surface area contributed by atoms with Gasteiger partial charge in [-0.25, -0.2) is 8.98 Å². The van der Waals surface area contributed by atoms with Crippen LogP contribution in [0.1, 0.15) is 25.5 Å². The van der Waals surface area contributed by atoms with Gasteiger partial charge in [-0.05, 0) is 12.8 Å². The second kappa shape index (κ2) is 6.46. The molecule has 4 N–H and O–H groups in total. The van der Waals surface area contributed by atoms with Crippen LogP contribution < -0.4 is 16.6 Å². The second-order valence-electron chi connectivity index (χ2n) is 7.34. The summed E-state index contributed by atoms with van der Waals surface area (Å²) in [6, 6.07) is 1.25. The molecule has 3 aliphatic rings. The number of hydrogen-bond acceptors (Lipinski definition) is 8. The monoisotopic (exact) mass is 399 g/mol. The molecule has 5 atom stereocenters. The molecule has 12 heteroatoms. The molecule has 27 heavy (non-hydrogen) atoms. The highest BCUT2D eigenvalue weighted by molar-refractivity contribution is 7.80. The Morgan fingerprint density at radius 1 is 1.33 bits per heavy atom. The van der Waals surface area contributed by atoms with Crippen LogP contribution in [-0.4, -0.2) is 64.6 Å². The minimum absolute atomic E-state index is 0.00155. The van der Waals surface area contributed by atoms with Crippen molar-refractivity contribution in [3.63, 3.8) is 0 Å². The molecule has 2 fully saturated rings. The van der Waals surface area contributed by atoms with E-state index >= 15 is 0 Å². The minimum Gasteiger partial charge on any atom is -0.353 e. The number of rotatable bonds is 4. The van der Waals surface area contributed by atoms with Crippen molar-refractivity contribution in [3.8, 4) is 0 Å². The molecule has 0 amide bonds. The van der Waals surface area contributed by atoms with Crippen molar-refractivity contribution in [2.24, 2.45) is 10.9 Å². The summed E-state index contributed by atoms with van der Waals surface area (Å²) < 4.78 is 36.4. The van der Waals surface area contributed by atoms with Gasteiger partial charge >= 0.3 is 16.1 Å². The predicted molar refractivity (Wildman–Crippen MR) is 94.8 cm³/mol. The van der Waals surface area contributed by atoms with Gasteiger partial charge in [0.05, 0.1) is 18.7 Å². The van der Waals surface area contributed by atoms with E-state index in [1.807, 2.05) is 6.92 Å². The molecule has 11 nitrogen and oxygen atoms in total. The Kier molecular flexibility index (Phi) is 4.35. The molecule has 2 saturated heterocycles. The number of guanidine groups is 1. The largest absolute Gasteiger partial charge is 0.397 e. The molecule has 1 aromatic rings. The smallest absolute Gasteiger partial charge is 0.353 e. The van der Waals surface area contributed by atoms with Crippen LogP contribution in [0.4, 0.5) is 0 Å². The molecule has 0 spiro atoms. The highest BCUT2D eigenvalue weighted by Crippen LogP contribution is 2.37. The van der Waals surface area contributed by atoms with E-state index in [1.54, 1.807) is 0 Å². The Bertz CT molecular complexity index is 957. The van der Waals surface area contributed by atoms with Gasteiger partial charge in [0.1, 0.15) is 0 Å². The topological polar surface area (TPSA) is 157 Å². The molecule has 148 valence electrons. The lowest BCUT2D eigenvalue weighted by atomic mass is 9.81. The number of hydrogen-bond donors (Lipinski definition) is 4. The van der Waals surface area contributed by atoms with Crippen LogP contribution in [0, 0.1) is 5.92 Å². The van der Waals surface area contributed by atoms with E-state index in [9.17, 15) is 18.0 Å². The van der Waals surface area contributed by atoms with Crippen LogP contribution in [-0.2, 0) is 21.0 Å². The van der Waals surface area contributed by atoms with Crippen LogP contribution >= 0.6 is 0 Å². The number of H-pyrrole nitrogens is 2. The molecule has 4 heterocycles. The summed E-state index contributed by atoms with van der Waals surface area (Å²) in [7, 11) is -4.53. The van der Waals surface area contributed by atoms with Gasteiger partial charge in [-0.2, -0.15) is 8.42 Å². The van der Waals surface area contributed by atoms with Crippen molar-refractivity contribution in [1.29, 1.82) is 0 Å². The third kappa shape index (κ3) is 3.64. The van der Waals surface area contributed by atoms with Gasteiger partial charge in [0, 0.05) is 36.2 Å². The van der Waals surface area contributed by atoms with Gasteiger partial charge in [0.25, 0.3) is 5.56 Å². The standard InChI is InChI=1S/C15H21N5O6S/c1-7-11-6-16-14-17-8(2-9-4-13(21)19-15(22)18-9)3-10(20(11)14)5-12(7)26-27(23,24)25/h4,7-8,10-12H,2-3,5-6H2,1H3,(H,16,17)(H,23,24,25)(H2,18,19,21,22)/t7-,8+,10+,11-,12+/m1/s1. The van der Waals surface area contributed by atoms with E-state index in [4.69, 9.17) is 8.74 Å². The van der Waals surface area contributed by atoms with Crippen LogP contribution in [0.25, 0.3) is 0 Å². The Balaban J connectivity index is 1.54. The number of aromatic amines is 2. The third-order valence-corrected chi connectivity index (χ3v) is 6.03. The zero-order valence-corrected chi connectivity index (χ0v) is 15.4. The van der Waals surface area contributed by atoms with E-state index in [-0.39, 0.29) is 24.0 Å².